The first-order valence-corrected chi connectivity index (χ1v) is 7.21. The Morgan fingerprint density at radius 1 is 1.16 bits per heavy atom. The standard InChI is InChI=1S/C14H28N2O3/c1-4-12(5-2)16-13(17)10-15-9-8-11(3)6-7-14(18)19/h11-12,15H,4-10H2,1-3H3,(H,16,17)(H,18,19). The minimum Gasteiger partial charge on any atom is -0.481 e. The van der Waals surface area contributed by atoms with Crippen molar-refractivity contribution < 1.29 is 14.7 Å². The van der Waals surface area contributed by atoms with Gasteiger partial charge in [0, 0.05) is 12.5 Å². The highest BCUT2D eigenvalue weighted by molar-refractivity contribution is 5.78. The molecule has 0 aromatic heterocycles. The molecule has 0 spiro atoms. The number of carboxylic acid groups (broad SMARTS) is 1. The number of aliphatic carboxylic acids is 1. The van der Waals surface area contributed by atoms with Gasteiger partial charge in [-0.3, -0.25) is 9.59 Å². The highest BCUT2D eigenvalue weighted by Gasteiger charge is 2.08. The second-order valence-corrected chi connectivity index (χ2v) is 5.08. The van der Waals surface area contributed by atoms with Crippen LogP contribution in [0.4, 0.5) is 0 Å². The van der Waals surface area contributed by atoms with Crippen molar-refractivity contribution in [2.24, 2.45) is 5.92 Å². The molecule has 1 atom stereocenters. The Balaban J connectivity index is 3.57. The van der Waals surface area contributed by atoms with E-state index < -0.39 is 5.97 Å². The van der Waals surface area contributed by atoms with Gasteiger partial charge in [0.2, 0.25) is 5.91 Å². The molecule has 0 rings (SSSR count). The lowest BCUT2D eigenvalue weighted by Crippen LogP contribution is -2.40. The third-order valence-corrected chi connectivity index (χ3v) is 3.30. The lowest BCUT2D eigenvalue weighted by Gasteiger charge is -2.15. The third-order valence-electron chi connectivity index (χ3n) is 3.30. The Bertz CT molecular complexity index is 265. The summed E-state index contributed by atoms with van der Waals surface area (Å²) in [6, 6.07) is 0.267. The average molecular weight is 272 g/mol. The molecular formula is C14H28N2O3. The smallest absolute Gasteiger partial charge is 0.303 e. The Kier molecular flexibility index (Phi) is 10.2. The van der Waals surface area contributed by atoms with E-state index >= 15 is 0 Å². The van der Waals surface area contributed by atoms with E-state index in [1.165, 1.54) is 0 Å². The Labute approximate surface area is 116 Å². The summed E-state index contributed by atoms with van der Waals surface area (Å²) in [7, 11) is 0. The Morgan fingerprint density at radius 2 is 1.79 bits per heavy atom. The monoisotopic (exact) mass is 272 g/mol. The van der Waals surface area contributed by atoms with Crippen LogP contribution in [0.15, 0.2) is 0 Å². The van der Waals surface area contributed by atoms with Gasteiger partial charge in [-0.05, 0) is 38.1 Å². The fourth-order valence-electron chi connectivity index (χ4n) is 1.84. The fourth-order valence-corrected chi connectivity index (χ4v) is 1.84. The molecule has 0 aliphatic rings. The van der Waals surface area contributed by atoms with Gasteiger partial charge < -0.3 is 15.7 Å². The highest BCUT2D eigenvalue weighted by Crippen LogP contribution is 2.08. The van der Waals surface area contributed by atoms with E-state index in [0.717, 1.165) is 25.8 Å². The van der Waals surface area contributed by atoms with Gasteiger partial charge >= 0.3 is 5.97 Å². The van der Waals surface area contributed by atoms with Gasteiger partial charge in [-0.15, -0.1) is 0 Å². The van der Waals surface area contributed by atoms with Crippen molar-refractivity contribution in [2.45, 2.75) is 58.9 Å². The van der Waals surface area contributed by atoms with Gasteiger partial charge in [0.15, 0.2) is 0 Å². The topological polar surface area (TPSA) is 78.4 Å². The van der Waals surface area contributed by atoms with Crippen molar-refractivity contribution in [1.29, 1.82) is 0 Å². The highest BCUT2D eigenvalue weighted by atomic mass is 16.4. The van der Waals surface area contributed by atoms with E-state index in [-0.39, 0.29) is 18.4 Å². The molecule has 19 heavy (non-hydrogen) atoms. The zero-order chi connectivity index (χ0) is 14.7. The van der Waals surface area contributed by atoms with Crippen LogP contribution >= 0.6 is 0 Å². The summed E-state index contributed by atoms with van der Waals surface area (Å²) in [6.07, 6.45) is 3.71. The quantitative estimate of drug-likeness (QED) is 0.501. The molecule has 0 aromatic carbocycles. The Hall–Kier alpha value is -1.10. The van der Waals surface area contributed by atoms with Gasteiger partial charge in [0.1, 0.15) is 0 Å². The van der Waals surface area contributed by atoms with Crippen LogP contribution in [0, 0.1) is 5.92 Å². The van der Waals surface area contributed by atoms with Gasteiger partial charge in [-0.25, -0.2) is 0 Å². The molecule has 0 heterocycles. The number of rotatable bonds is 11. The maximum atomic E-state index is 11.6. The number of amides is 1. The number of nitrogens with one attached hydrogen (secondary N) is 2. The minimum absolute atomic E-state index is 0.0342. The molecule has 0 aliphatic heterocycles. The third kappa shape index (κ3) is 10.5. The van der Waals surface area contributed by atoms with Crippen LogP contribution in [0.2, 0.25) is 0 Å². The normalized spacial score (nSPS) is 12.4. The van der Waals surface area contributed by atoms with Crippen molar-refractivity contribution in [3.8, 4) is 0 Å². The van der Waals surface area contributed by atoms with Crippen LogP contribution in [-0.4, -0.2) is 36.1 Å². The summed E-state index contributed by atoms with van der Waals surface area (Å²) in [5.74, 6) is -0.345. The van der Waals surface area contributed by atoms with Crippen LogP contribution in [0.5, 0.6) is 0 Å². The lowest BCUT2D eigenvalue weighted by atomic mass is 10.0. The summed E-state index contributed by atoms with van der Waals surface area (Å²) in [5, 5.41) is 14.6. The van der Waals surface area contributed by atoms with E-state index in [2.05, 4.69) is 24.5 Å². The van der Waals surface area contributed by atoms with Gasteiger partial charge in [-0.2, -0.15) is 0 Å². The predicted molar refractivity (Wildman–Crippen MR) is 76.0 cm³/mol. The molecule has 3 N–H and O–H groups in total. The first-order valence-electron chi connectivity index (χ1n) is 7.21. The summed E-state index contributed by atoms with van der Waals surface area (Å²) in [5.41, 5.74) is 0. The molecule has 0 aromatic rings. The average Bonchev–Trinajstić information content (AvgIpc) is 2.38. The molecule has 1 amide bonds. The molecule has 0 bridgehead atoms. The molecule has 0 saturated heterocycles. The molecule has 5 nitrogen and oxygen atoms in total. The van der Waals surface area contributed by atoms with Gasteiger partial charge in [0.05, 0.1) is 6.54 Å². The van der Waals surface area contributed by atoms with Crippen LogP contribution < -0.4 is 10.6 Å². The molecule has 1 unspecified atom stereocenters. The molecule has 112 valence electrons. The van der Waals surface area contributed by atoms with Crippen LogP contribution in [-0.2, 0) is 9.59 Å². The number of hydrogen-bond acceptors (Lipinski definition) is 3. The van der Waals surface area contributed by atoms with Crippen LogP contribution in [0.3, 0.4) is 0 Å². The predicted octanol–water partition coefficient (Wildman–Crippen LogP) is 1.77. The van der Waals surface area contributed by atoms with Crippen molar-refractivity contribution in [2.75, 3.05) is 13.1 Å². The van der Waals surface area contributed by atoms with Gasteiger partial charge in [0.25, 0.3) is 0 Å². The van der Waals surface area contributed by atoms with Crippen molar-refractivity contribution in [1.82, 2.24) is 10.6 Å². The second-order valence-electron chi connectivity index (χ2n) is 5.08. The Morgan fingerprint density at radius 3 is 2.32 bits per heavy atom. The zero-order valence-corrected chi connectivity index (χ0v) is 12.4. The fraction of sp³-hybridized carbons (Fsp3) is 0.857. The number of carbonyl (C=O) groups excluding carboxylic acids is 1. The van der Waals surface area contributed by atoms with E-state index in [1.807, 2.05) is 6.92 Å². The van der Waals surface area contributed by atoms with E-state index in [0.29, 0.717) is 18.9 Å². The molecule has 0 fully saturated rings. The number of carbonyl (C=O) groups is 2. The molecule has 0 saturated carbocycles. The summed E-state index contributed by atoms with van der Waals surface area (Å²) in [4.78, 5) is 22.0. The lowest BCUT2D eigenvalue weighted by molar-refractivity contribution is -0.137. The second kappa shape index (κ2) is 10.8. The molecule has 5 heteroatoms. The maximum absolute atomic E-state index is 11.6. The first kappa shape index (κ1) is 17.9. The van der Waals surface area contributed by atoms with Gasteiger partial charge in [-0.1, -0.05) is 20.8 Å². The van der Waals surface area contributed by atoms with Crippen molar-refractivity contribution in [3.05, 3.63) is 0 Å². The SMILES string of the molecule is CCC(CC)NC(=O)CNCCC(C)CCC(=O)O. The van der Waals surface area contributed by atoms with E-state index in [9.17, 15) is 9.59 Å². The van der Waals surface area contributed by atoms with Crippen LogP contribution in [0.1, 0.15) is 52.9 Å². The zero-order valence-electron chi connectivity index (χ0n) is 12.4. The van der Waals surface area contributed by atoms with Crippen molar-refractivity contribution >= 4 is 11.9 Å². The molecule has 0 radical (unpaired) electrons. The summed E-state index contributed by atoms with van der Waals surface area (Å²) < 4.78 is 0. The van der Waals surface area contributed by atoms with Crippen LogP contribution in [0.25, 0.3) is 0 Å². The largest absolute Gasteiger partial charge is 0.481 e. The summed E-state index contributed by atoms with van der Waals surface area (Å²) >= 11 is 0. The first-order chi connectivity index (χ1) is 8.99. The maximum Gasteiger partial charge on any atom is 0.303 e. The van der Waals surface area contributed by atoms with Crippen molar-refractivity contribution in [3.63, 3.8) is 0 Å². The van der Waals surface area contributed by atoms with E-state index in [1.54, 1.807) is 0 Å². The van der Waals surface area contributed by atoms with E-state index in [4.69, 9.17) is 5.11 Å². The molecular weight excluding hydrogens is 244 g/mol. The number of hydrogen-bond donors (Lipinski definition) is 3. The number of carboxylic acids is 1. The minimum atomic E-state index is -0.746. The summed E-state index contributed by atoms with van der Waals surface area (Å²) in [6.45, 7) is 7.24. The molecule has 0 aliphatic carbocycles.